The Hall–Kier alpha value is -1.56. The number of rotatable bonds is 2. The van der Waals surface area contributed by atoms with Crippen LogP contribution in [-0.2, 0) is 0 Å². The quantitative estimate of drug-likeness (QED) is 0.437. The number of hydrogen-bond donors (Lipinski definition) is 0. The molecule has 0 bridgehead atoms. The molecule has 0 saturated heterocycles. The molecule has 14 heavy (non-hydrogen) atoms. The third-order valence-corrected chi connectivity index (χ3v) is 1.66. The van der Waals surface area contributed by atoms with Crippen molar-refractivity contribution in [2.75, 3.05) is 0 Å². The fraction of sp³-hybridized carbons (Fsp3) is 0. The van der Waals surface area contributed by atoms with Gasteiger partial charge in [-0.25, -0.2) is 8.78 Å². The molecule has 0 aromatic heterocycles. The molecule has 4 nitrogen and oxygen atoms in total. The predicted molar refractivity (Wildman–Crippen MR) is 43.2 cm³/mol. The van der Waals surface area contributed by atoms with Gasteiger partial charge in [0.1, 0.15) is 0 Å². The van der Waals surface area contributed by atoms with E-state index in [9.17, 15) is 23.7 Å². The first-order valence-electron chi connectivity index (χ1n) is 3.27. The molecular formula is C7H2ClF2NO3. The lowest BCUT2D eigenvalue weighted by molar-refractivity contribution is -0.385. The van der Waals surface area contributed by atoms with E-state index < -0.39 is 33.1 Å². The monoisotopic (exact) mass is 221 g/mol. The van der Waals surface area contributed by atoms with Crippen molar-refractivity contribution in [3.05, 3.63) is 39.4 Å². The maximum Gasteiger partial charge on any atom is 0.284 e. The number of nitro groups is 1. The van der Waals surface area contributed by atoms with Crippen LogP contribution in [0.25, 0.3) is 0 Å². The number of nitro benzene ring substituents is 1. The van der Waals surface area contributed by atoms with Gasteiger partial charge in [-0.2, -0.15) is 0 Å². The van der Waals surface area contributed by atoms with E-state index in [0.29, 0.717) is 12.1 Å². The van der Waals surface area contributed by atoms with E-state index in [1.54, 1.807) is 0 Å². The maximum absolute atomic E-state index is 12.9. The summed E-state index contributed by atoms with van der Waals surface area (Å²) in [7, 11) is 0. The van der Waals surface area contributed by atoms with Gasteiger partial charge in [0.25, 0.3) is 10.9 Å². The number of benzene rings is 1. The second-order valence-electron chi connectivity index (χ2n) is 2.29. The molecule has 0 aliphatic rings. The highest BCUT2D eigenvalue weighted by molar-refractivity contribution is 6.68. The summed E-state index contributed by atoms with van der Waals surface area (Å²) in [6.45, 7) is 0. The third kappa shape index (κ3) is 1.69. The lowest BCUT2D eigenvalue weighted by Gasteiger charge is -1.99. The molecule has 0 atom stereocenters. The molecule has 1 aromatic carbocycles. The van der Waals surface area contributed by atoms with Gasteiger partial charge >= 0.3 is 0 Å². The lowest BCUT2D eigenvalue weighted by Crippen LogP contribution is -2.03. The zero-order valence-electron chi connectivity index (χ0n) is 6.46. The number of carbonyl (C=O) groups excluding carboxylic acids is 1. The fourth-order valence-corrected chi connectivity index (χ4v) is 1.06. The Labute approximate surface area is 81.2 Å². The zero-order chi connectivity index (χ0) is 10.9. The Kier molecular flexibility index (Phi) is 2.76. The molecule has 0 saturated carbocycles. The fourth-order valence-electron chi connectivity index (χ4n) is 0.880. The van der Waals surface area contributed by atoms with Gasteiger partial charge in [-0.05, 0) is 17.7 Å². The molecule has 0 aliphatic heterocycles. The van der Waals surface area contributed by atoms with E-state index in [1.165, 1.54) is 0 Å². The van der Waals surface area contributed by atoms with Crippen LogP contribution in [0.5, 0.6) is 0 Å². The lowest BCUT2D eigenvalue weighted by atomic mass is 10.2. The first-order valence-corrected chi connectivity index (χ1v) is 3.65. The normalized spacial score (nSPS) is 9.93. The van der Waals surface area contributed by atoms with Crippen molar-refractivity contribution in [3.63, 3.8) is 0 Å². The molecule has 0 spiro atoms. The number of nitrogens with zero attached hydrogens (tertiary/aromatic N) is 1. The van der Waals surface area contributed by atoms with E-state index >= 15 is 0 Å². The van der Waals surface area contributed by atoms with Crippen LogP contribution >= 0.6 is 11.6 Å². The van der Waals surface area contributed by atoms with E-state index in [0.717, 1.165) is 0 Å². The first-order chi connectivity index (χ1) is 6.45. The van der Waals surface area contributed by atoms with E-state index in [4.69, 9.17) is 11.6 Å². The summed E-state index contributed by atoms with van der Waals surface area (Å²) in [5.74, 6) is -2.97. The number of hydrogen-bond acceptors (Lipinski definition) is 3. The van der Waals surface area contributed by atoms with Crippen LogP contribution in [0.3, 0.4) is 0 Å². The predicted octanol–water partition coefficient (Wildman–Crippen LogP) is 2.25. The third-order valence-electron chi connectivity index (χ3n) is 1.47. The summed E-state index contributed by atoms with van der Waals surface area (Å²) in [6, 6.07) is 1.23. The molecule has 0 heterocycles. The molecule has 0 fully saturated rings. The highest BCUT2D eigenvalue weighted by Gasteiger charge is 2.25. The van der Waals surface area contributed by atoms with Crippen molar-refractivity contribution in [3.8, 4) is 0 Å². The first kappa shape index (κ1) is 10.5. The number of halogens is 3. The summed E-state index contributed by atoms with van der Waals surface area (Å²) in [5.41, 5.74) is -1.92. The van der Waals surface area contributed by atoms with Gasteiger partial charge in [0, 0.05) is 6.07 Å². The van der Waals surface area contributed by atoms with Crippen LogP contribution < -0.4 is 0 Å². The van der Waals surface area contributed by atoms with Crippen molar-refractivity contribution in [2.24, 2.45) is 0 Å². The van der Waals surface area contributed by atoms with Gasteiger partial charge in [0.05, 0.1) is 4.92 Å². The van der Waals surface area contributed by atoms with Crippen LogP contribution in [-0.4, -0.2) is 10.2 Å². The van der Waals surface area contributed by atoms with E-state index in [-0.39, 0.29) is 0 Å². The minimum Gasteiger partial charge on any atom is -0.275 e. The molecule has 0 amide bonds. The standard InChI is InChI=1S/C7H2ClF2NO3/c8-7(12)5-4(11(13)14)2-1-3(9)6(5)10/h1-2H. The smallest absolute Gasteiger partial charge is 0.275 e. The van der Waals surface area contributed by atoms with Crippen LogP contribution in [0.1, 0.15) is 10.4 Å². The van der Waals surface area contributed by atoms with Crippen molar-refractivity contribution in [2.45, 2.75) is 0 Å². The van der Waals surface area contributed by atoms with Crippen molar-refractivity contribution >= 4 is 22.5 Å². The summed E-state index contributed by atoms with van der Waals surface area (Å²) < 4.78 is 25.5. The summed E-state index contributed by atoms with van der Waals surface area (Å²) in [5, 5.41) is 8.89. The highest BCUT2D eigenvalue weighted by atomic mass is 35.5. The molecule has 0 radical (unpaired) electrons. The molecule has 74 valence electrons. The summed E-state index contributed by atoms with van der Waals surface area (Å²) in [6.07, 6.45) is 0. The van der Waals surface area contributed by atoms with E-state index in [1.807, 2.05) is 0 Å². The number of carbonyl (C=O) groups is 1. The van der Waals surface area contributed by atoms with Gasteiger partial charge in [0.2, 0.25) is 0 Å². The molecule has 7 heteroatoms. The van der Waals surface area contributed by atoms with Crippen LogP contribution in [0.15, 0.2) is 12.1 Å². The van der Waals surface area contributed by atoms with Crippen molar-refractivity contribution < 1.29 is 18.5 Å². The van der Waals surface area contributed by atoms with E-state index in [2.05, 4.69) is 0 Å². The Morgan fingerprint density at radius 3 is 2.43 bits per heavy atom. The topological polar surface area (TPSA) is 60.2 Å². The zero-order valence-corrected chi connectivity index (χ0v) is 7.22. The minimum absolute atomic E-state index is 0.552. The van der Waals surface area contributed by atoms with Crippen LogP contribution in [0, 0.1) is 21.7 Å². The molecule has 0 N–H and O–H groups in total. The largest absolute Gasteiger partial charge is 0.284 e. The Balaban J connectivity index is 3.53. The SMILES string of the molecule is O=C(Cl)c1c([N+](=O)[O-])ccc(F)c1F. The highest BCUT2D eigenvalue weighted by Crippen LogP contribution is 2.24. The molecular weight excluding hydrogens is 220 g/mol. The second kappa shape index (κ2) is 3.67. The molecule has 1 rings (SSSR count). The maximum atomic E-state index is 12.9. The van der Waals surface area contributed by atoms with Crippen molar-refractivity contribution in [1.82, 2.24) is 0 Å². The average Bonchev–Trinajstić information content (AvgIpc) is 2.08. The van der Waals surface area contributed by atoms with Gasteiger partial charge in [-0.1, -0.05) is 0 Å². The Morgan fingerprint density at radius 1 is 1.43 bits per heavy atom. The molecule has 0 aliphatic carbocycles. The summed E-state index contributed by atoms with van der Waals surface area (Å²) >= 11 is 4.88. The second-order valence-corrected chi connectivity index (χ2v) is 2.63. The Bertz CT molecular complexity index is 422. The summed E-state index contributed by atoms with van der Waals surface area (Å²) in [4.78, 5) is 19.9. The van der Waals surface area contributed by atoms with Gasteiger partial charge < -0.3 is 0 Å². The van der Waals surface area contributed by atoms with Crippen LogP contribution in [0.4, 0.5) is 14.5 Å². The Morgan fingerprint density at radius 2 is 2.00 bits per heavy atom. The molecule has 0 unspecified atom stereocenters. The average molecular weight is 222 g/mol. The van der Waals surface area contributed by atoms with Crippen LogP contribution in [0.2, 0.25) is 0 Å². The van der Waals surface area contributed by atoms with Gasteiger partial charge in [-0.3, -0.25) is 14.9 Å². The minimum atomic E-state index is -1.61. The van der Waals surface area contributed by atoms with Crippen molar-refractivity contribution in [1.29, 1.82) is 0 Å². The van der Waals surface area contributed by atoms with Gasteiger partial charge in [-0.15, -0.1) is 0 Å². The van der Waals surface area contributed by atoms with Gasteiger partial charge in [0.15, 0.2) is 17.2 Å². The molecule has 1 aromatic rings.